The van der Waals surface area contributed by atoms with Crippen LogP contribution in [0.25, 0.3) is 0 Å². The lowest BCUT2D eigenvalue weighted by Crippen LogP contribution is -1.22. The van der Waals surface area contributed by atoms with Crippen LogP contribution in [0.15, 0.2) is 4.36 Å². The van der Waals surface area contributed by atoms with Crippen molar-refractivity contribution in [1.82, 2.24) is 0 Å². The molecule has 0 heterocycles. The summed E-state index contributed by atoms with van der Waals surface area (Å²) in [7, 11) is 0.565. The molecule has 0 unspecified atom stereocenters. The average molecular weight is 96.1 g/mol. The summed E-state index contributed by atoms with van der Waals surface area (Å²) in [5, 5.41) is 0. The molecule has 32 valence electrons. The van der Waals surface area contributed by atoms with E-state index < -0.39 is 7.15 Å². The van der Waals surface area contributed by atoms with Crippen LogP contribution >= 0.6 is 0 Å². The Morgan fingerprint density at radius 2 is 2.20 bits per heavy atom. The molecule has 0 amide bonds. The van der Waals surface area contributed by atoms with Crippen molar-refractivity contribution in [2.24, 2.45) is 4.36 Å². The van der Waals surface area contributed by atoms with Crippen LogP contribution < -0.4 is 0 Å². The first-order valence-corrected chi connectivity index (χ1v) is 1.26. The number of nitrogens with zero attached hydrogens (tertiary/aromatic N) is 1. The quantitative estimate of drug-likeness (QED) is 0.437. The van der Waals surface area contributed by atoms with E-state index in [9.17, 15) is 4.39 Å². The van der Waals surface area contributed by atoms with E-state index in [1.165, 1.54) is 0 Å². The molecule has 0 rings (SSSR count). The maximum atomic E-state index is 9.96. The van der Waals surface area contributed by atoms with Gasteiger partial charge in [0.05, 0.1) is 8.52 Å². The fourth-order valence-corrected chi connectivity index (χ4v) is 0. The van der Waals surface area contributed by atoms with Gasteiger partial charge >= 0.3 is 0 Å². The fraction of sp³-hybridized carbons (Fsp3) is 1.00. The third kappa shape index (κ3) is 6010. The van der Waals surface area contributed by atoms with Gasteiger partial charge in [0, 0.05) is 19.5 Å². The molecule has 0 N–H and O–H groups in total. The smallest absolute Gasteiger partial charge is 0.0785 e. The van der Waals surface area contributed by atoms with Gasteiger partial charge in [-0.05, 0) is 0 Å². The molecule has 0 aromatic rings. The van der Waals surface area contributed by atoms with Crippen LogP contribution in [-0.2, 0) is 12.4 Å². The van der Waals surface area contributed by atoms with Gasteiger partial charge in [0.1, 0.15) is 0 Å². The van der Waals surface area contributed by atoms with Crippen LogP contribution in [0.1, 0.15) is 1.37 Å². The fourth-order valence-electron chi connectivity index (χ4n) is 0. The van der Waals surface area contributed by atoms with Gasteiger partial charge in [0.2, 0.25) is 0 Å². The van der Waals surface area contributed by atoms with Gasteiger partial charge in [-0.25, -0.2) is 4.36 Å². The summed E-state index contributed by atoms with van der Waals surface area (Å²) in [5.74, 6) is 0. The molecule has 0 aromatic heterocycles. The highest BCUT2D eigenvalue weighted by atomic mass is 32.1. The van der Waals surface area contributed by atoms with E-state index >= 15 is 0 Å². The van der Waals surface area contributed by atoms with Crippen molar-refractivity contribution >= 4 is 12.4 Å². The highest BCUT2D eigenvalue weighted by molar-refractivity contribution is 7.47. The zero-order valence-electron chi connectivity index (χ0n) is 3.94. The Morgan fingerprint density at radius 3 is 2.20 bits per heavy atom. The summed E-state index contributed by atoms with van der Waals surface area (Å²) in [6.07, 6.45) is 0. The molecular weight excluding hydrogens is 89.1 g/mol. The molecule has 5 heavy (non-hydrogen) atoms. The van der Waals surface area contributed by atoms with Crippen molar-refractivity contribution in [2.75, 3.05) is 14.2 Å². The van der Waals surface area contributed by atoms with E-state index in [2.05, 4.69) is 16.8 Å². The third-order valence-corrected chi connectivity index (χ3v) is 0. The Balaban J connectivity index is 0. The number of halogens is 1. The van der Waals surface area contributed by atoms with Crippen molar-refractivity contribution in [3.63, 3.8) is 0 Å². The predicted octanol–water partition coefficient (Wildman–Crippen LogP) is 0.932. The van der Waals surface area contributed by atoms with E-state index in [4.69, 9.17) is 1.37 Å². The molecule has 0 radical (unpaired) electrons. The molecule has 0 spiro atoms. The van der Waals surface area contributed by atoms with Crippen LogP contribution in [0.4, 0.5) is 4.39 Å². The summed E-state index contributed by atoms with van der Waals surface area (Å²) >= 11 is 4.02. The zero-order chi connectivity index (χ0) is 5.41. The Labute approximate surface area is 37.8 Å². The molecule has 0 aromatic carbocycles. The summed E-state index contributed by atoms with van der Waals surface area (Å²) in [6.45, 7) is 0. The summed E-state index contributed by atoms with van der Waals surface area (Å²) in [5.41, 5.74) is 0. The van der Waals surface area contributed by atoms with Crippen LogP contribution in [0.5, 0.6) is 0 Å². The zero-order valence-corrected chi connectivity index (χ0v) is 3.76. The SMILES string of the molecule is CN=S.[2H]CF. The average Bonchev–Trinajstić information content (AvgIpc) is 1.39. The minimum absolute atomic E-state index is 1.00. The van der Waals surface area contributed by atoms with Gasteiger partial charge in [-0.2, -0.15) is 0 Å². The monoisotopic (exact) mass is 96.0 g/mol. The lowest BCUT2D eigenvalue weighted by molar-refractivity contribution is 0.636. The van der Waals surface area contributed by atoms with Crippen LogP contribution in [0, 0.1) is 0 Å². The molecule has 0 aliphatic carbocycles. The van der Waals surface area contributed by atoms with Gasteiger partial charge < -0.3 is 0 Å². The number of hydrogen-bond donors (Lipinski definition) is 0. The van der Waals surface area contributed by atoms with Crippen molar-refractivity contribution in [2.45, 2.75) is 0 Å². The van der Waals surface area contributed by atoms with Crippen molar-refractivity contribution in [3.8, 4) is 0 Å². The number of hydrogen-bond acceptors (Lipinski definition) is 2. The molecule has 1 nitrogen and oxygen atoms in total. The lowest BCUT2D eigenvalue weighted by atomic mass is 11.6. The topological polar surface area (TPSA) is 12.4 Å². The van der Waals surface area contributed by atoms with Crippen LogP contribution in [0.2, 0.25) is 0 Å². The van der Waals surface area contributed by atoms with Crippen molar-refractivity contribution < 1.29 is 5.76 Å². The molecule has 0 atom stereocenters. The summed E-state index contributed by atoms with van der Waals surface area (Å²) < 4.78 is 18.6. The lowest BCUT2D eigenvalue weighted by Gasteiger charge is -1.32. The van der Waals surface area contributed by atoms with Gasteiger partial charge in [0.15, 0.2) is 0 Å². The second kappa shape index (κ2) is 38.1. The van der Waals surface area contributed by atoms with Crippen LogP contribution in [0.3, 0.4) is 0 Å². The molecular formula is C2H6FNS. The Bertz CT molecular complexity index is 27.5. The van der Waals surface area contributed by atoms with E-state index in [0.717, 1.165) is 0 Å². The number of rotatable bonds is 0. The van der Waals surface area contributed by atoms with Gasteiger partial charge in [-0.15, -0.1) is 0 Å². The highest BCUT2D eigenvalue weighted by Gasteiger charge is 1.14. The Hall–Kier alpha value is -0.0500. The van der Waals surface area contributed by atoms with Crippen molar-refractivity contribution in [3.05, 3.63) is 0 Å². The summed E-state index contributed by atoms with van der Waals surface area (Å²) in [6, 6.07) is 0. The highest BCUT2D eigenvalue weighted by Crippen LogP contribution is 1.26. The first-order valence-electron chi connectivity index (χ1n) is 1.60. The van der Waals surface area contributed by atoms with Crippen LogP contribution in [-0.4, -0.2) is 14.2 Å². The van der Waals surface area contributed by atoms with E-state index in [1.807, 2.05) is 0 Å². The maximum Gasteiger partial charge on any atom is 0.0785 e. The second-order valence-corrected chi connectivity index (χ2v) is 0.548. The second-order valence-electron chi connectivity index (χ2n) is 0.183. The maximum absolute atomic E-state index is 9.96. The third-order valence-electron chi connectivity index (χ3n) is 0. The van der Waals surface area contributed by atoms with Gasteiger partial charge in [0.25, 0.3) is 0 Å². The molecule has 0 bridgehead atoms. The first-order chi connectivity index (χ1) is 2.83. The first kappa shape index (κ1) is 4.95. The molecule has 3 heteroatoms. The van der Waals surface area contributed by atoms with E-state index in [0.29, 0.717) is 0 Å². The predicted molar refractivity (Wildman–Crippen MR) is 22.7 cm³/mol. The Kier molecular flexibility index (Phi) is 37.7. The largest absolute Gasteiger partial charge is 0.255 e. The van der Waals surface area contributed by atoms with Gasteiger partial charge in [-0.1, -0.05) is 0 Å². The van der Waals surface area contributed by atoms with Crippen molar-refractivity contribution in [1.29, 1.82) is 0 Å². The van der Waals surface area contributed by atoms with E-state index in [1.54, 1.807) is 7.05 Å². The number of alkyl halides is 1. The molecule has 0 aliphatic rings. The minimum atomic E-state index is -1.00. The summed E-state index contributed by atoms with van der Waals surface area (Å²) in [4.78, 5) is 0. The standard InChI is InChI=1S/CH3F.CH3NS/c1-2;1-2-3/h1H3;1H3/i1D;. The Morgan fingerprint density at radius 1 is 2.20 bits per heavy atom. The van der Waals surface area contributed by atoms with E-state index in [-0.39, 0.29) is 0 Å². The molecule has 0 aliphatic heterocycles. The minimum Gasteiger partial charge on any atom is -0.255 e. The molecule has 0 fully saturated rings. The normalized spacial score (nSPS) is 6.40. The van der Waals surface area contributed by atoms with Gasteiger partial charge in [-0.3, -0.25) is 4.39 Å². The molecule has 0 saturated heterocycles. The molecule has 0 saturated carbocycles.